The summed E-state index contributed by atoms with van der Waals surface area (Å²) in [5.41, 5.74) is 0. The van der Waals surface area contributed by atoms with Crippen LogP contribution in [0, 0.1) is 11.8 Å². The van der Waals surface area contributed by atoms with Crippen molar-refractivity contribution in [2.24, 2.45) is 11.8 Å². The third-order valence-electron chi connectivity index (χ3n) is 1.62. The predicted molar refractivity (Wildman–Crippen MR) is 36.1 cm³/mol. The topological polar surface area (TPSA) is 0 Å². The Kier molecular flexibility index (Phi) is 1.64. The van der Waals surface area contributed by atoms with Crippen LogP contribution in [0.4, 0.5) is 0 Å². The van der Waals surface area contributed by atoms with Crippen LogP contribution in [0.25, 0.3) is 0 Å². The van der Waals surface area contributed by atoms with E-state index in [1.807, 2.05) is 0 Å². The monoisotopic (exact) mass is 182 g/mol. The second-order valence-corrected chi connectivity index (χ2v) is 3.49. The molecule has 42 valence electrons. The van der Waals surface area contributed by atoms with Crippen LogP contribution in [0.15, 0.2) is 0 Å². The molecule has 0 heterocycles. The Balaban J connectivity index is 2.24. The van der Waals surface area contributed by atoms with E-state index >= 15 is 0 Å². The van der Waals surface area contributed by atoms with Crippen molar-refractivity contribution < 1.29 is 0 Å². The Bertz CT molecular complexity index is 66.5. The Labute approximate surface area is 57.4 Å². The molecule has 0 radical (unpaired) electrons. The van der Waals surface area contributed by atoms with E-state index in [1.165, 1.54) is 0 Å². The van der Waals surface area contributed by atoms with E-state index in [0.29, 0.717) is 4.83 Å². The lowest BCUT2D eigenvalue weighted by Crippen LogP contribution is -1.77. The van der Waals surface area contributed by atoms with Crippen LogP contribution in [0.5, 0.6) is 0 Å². The number of hydrogen-bond acceptors (Lipinski definition) is 0. The van der Waals surface area contributed by atoms with Gasteiger partial charge in [-0.05, 0) is 11.8 Å². The van der Waals surface area contributed by atoms with Crippen LogP contribution in [0.1, 0.15) is 6.92 Å². The molecule has 0 saturated heterocycles. The average Bonchev–Trinajstić information content (AvgIpc) is 2.17. The van der Waals surface area contributed by atoms with E-state index in [0.717, 1.165) is 17.7 Å². The summed E-state index contributed by atoms with van der Waals surface area (Å²) < 4.78 is 0. The van der Waals surface area contributed by atoms with E-state index in [4.69, 9.17) is 11.6 Å². The van der Waals surface area contributed by atoms with Crippen molar-refractivity contribution in [2.75, 3.05) is 5.88 Å². The first kappa shape index (κ1) is 5.90. The zero-order chi connectivity index (χ0) is 5.44. The zero-order valence-corrected chi connectivity index (χ0v) is 6.54. The summed E-state index contributed by atoms with van der Waals surface area (Å²) in [7, 11) is 0. The second kappa shape index (κ2) is 1.94. The molecule has 0 aromatic heterocycles. The van der Waals surface area contributed by atoms with Gasteiger partial charge in [0, 0.05) is 10.7 Å². The summed E-state index contributed by atoms with van der Waals surface area (Å²) in [5.74, 6) is 2.39. The third kappa shape index (κ3) is 0.945. The van der Waals surface area contributed by atoms with Gasteiger partial charge in [-0.2, -0.15) is 0 Å². The molecule has 0 spiro atoms. The molecule has 0 nitrogen and oxygen atoms in total. The van der Waals surface area contributed by atoms with E-state index in [2.05, 4.69) is 22.9 Å². The van der Waals surface area contributed by atoms with Gasteiger partial charge in [-0.1, -0.05) is 22.9 Å². The van der Waals surface area contributed by atoms with Crippen molar-refractivity contribution in [2.45, 2.75) is 11.8 Å². The fraction of sp³-hybridized carbons (Fsp3) is 1.00. The normalized spacial score (nSPS) is 49.3. The maximum Gasteiger partial charge on any atom is 0.0265 e. The molecule has 0 amide bonds. The van der Waals surface area contributed by atoms with Crippen molar-refractivity contribution >= 4 is 27.5 Å². The quantitative estimate of drug-likeness (QED) is 0.547. The first-order chi connectivity index (χ1) is 3.27. The lowest BCUT2D eigenvalue weighted by atomic mass is 10.4. The van der Waals surface area contributed by atoms with Gasteiger partial charge < -0.3 is 0 Å². The molecule has 0 aromatic carbocycles. The molecule has 0 bridgehead atoms. The van der Waals surface area contributed by atoms with Gasteiger partial charge in [0.15, 0.2) is 0 Å². The summed E-state index contributed by atoms with van der Waals surface area (Å²) in [6.45, 7) is 2.21. The van der Waals surface area contributed by atoms with Crippen molar-refractivity contribution in [1.82, 2.24) is 0 Å². The molecule has 2 heteroatoms. The highest BCUT2D eigenvalue weighted by molar-refractivity contribution is 9.09. The summed E-state index contributed by atoms with van der Waals surface area (Å²) in [5, 5.41) is 0. The second-order valence-electron chi connectivity index (χ2n) is 2.12. The van der Waals surface area contributed by atoms with Gasteiger partial charge in [-0.3, -0.25) is 0 Å². The smallest absolute Gasteiger partial charge is 0.0265 e. The van der Waals surface area contributed by atoms with E-state index in [1.54, 1.807) is 0 Å². The molecule has 0 aromatic rings. The molecule has 7 heavy (non-hydrogen) atoms. The number of hydrogen-bond donors (Lipinski definition) is 0. The third-order valence-corrected chi connectivity index (χ3v) is 3.49. The van der Waals surface area contributed by atoms with Gasteiger partial charge in [-0.25, -0.2) is 0 Å². The molecule has 1 aliphatic carbocycles. The summed E-state index contributed by atoms with van der Waals surface area (Å²) in [6.07, 6.45) is 0. The minimum Gasteiger partial charge on any atom is -0.126 e. The lowest BCUT2D eigenvalue weighted by molar-refractivity contribution is 0.841. The minimum atomic E-state index is 0.713. The number of rotatable bonds is 1. The molecule has 3 unspecified atom stereocenters. The molecule has 3 atom stereocenters. The molecular weight excluding hydrogens is 175 g/mol. The maximum atomic E-state index is 5.56. The van der Waals surface area contributed by atoms with Crippen LogP contribution in [-0.4, -0.2) is 10.7 Å². The largest absolute Gasteiger partial charge is 0.126 e. The van der Waals surface area contributed by atoms with Gasteiger partial charge in [0.1, 0.15) is 0 Å². The van der Waals surface area contributed by atoms with Gasteiger partial charge in [0.05, 0.1) is 0 Å². The first-order valence-corrected chi connectivity index (χ1v) is 3.92. The number of halogens is 2. The van der Waals surface area contributed by atoms with E-state index in [-0.39, 0.29) is 0 Å². The van der Waals surface area contributed by atoms with Crippen LogP contribution in [-0.2, 0) is 0 Å². The standard InChI is InChI=1S/C5H8BrCl/c1-3-4(2-7)5(3)6/h3-5H,2H2,1H3. The highest BCUT2D eigenvalue weighted by atomic mass is 79.9. The molecule has 1 fully saturated rings. The van der Waals surface area contributed by atoms with Gasteiger partial charge in [0.25, 0.3) is 0 Å². The summed E-state index contributed by atoms with van der Waals surface area (Å²) in [6, 6.07) is 0. The highest BCUT2D eigenvalue weighted by Gasteiger charge is 2.43. The molecule has 0 aliphatic heterocycles. The van der Waals surface area contributed by atoms with Gasteiger partial charge in [-0.15, -0.1) is 11.6 Å². The van der Waals surface area contributed by atoms with Crippen molar-refractivity contribution in [3.8, 4) is 0 Å². The van der Waals surface area contributed by atoms with Crippen molar-refractivity contribution in [1.29, 1.82) is 0 Å². The highest BCUT2D eigenvalue weighted by Crippen LogP contribution is 2.45. The predicted octanol–water partition coefficient (Wildman–Crippen LogP) is 2.25. The number of alkyl halides is 2. The fourth-order valence-electron chi connectivity index (χ4n) is 0.718. The molecule has 0 N–H and O–H groups in total. The van der Waals surface area contributed by atoms with E-state index < -0.39 is 0 Å². The Morgan fingerprint density at radius 2 is 2.14 bits per heavy atom. The average molecular weight is 183 g/mol. The SMILES string of the molecule is CC1C(Br)C1CCl. The van der Waals surface area contributed by atoms with Crippen LogP contribution in [0.3, 0.4) is 0 Å². The molecule has 1 rings (SSSR count). The summed E-state index contributed by atoms with van der Waals surface area (Å²) >= 11 is 9.05. The maximum absolute atomic E-state index is 5.56. The zero-order valence-electron chi connectivity index (χ0n) is 4.20. The van der Waals surface area contributed by atoms with Crippen LogP contribution in [0.2, 0.25) is 0 Å². The van der Waals surface area contributed by atoms with Crippen LogP contribution < -0.4 is 0 Å². The molecule has 1 saturated carbocycles. The molecule has 1 aliphatic rings. The Morgan fingerprint density at radius 3 is 2.14 bits per heavy atom. The van der Waals surface area contributed by atoms with E-state index in [9.17, 15) is 0 Å². The van der Waals surface area contributed by atoms with Gasteiger partial charge >= 0.3 is 0 Å². The Morgan fingerprint density at radius 1 is 1.71 bits per heavy atom. The Hall–Kier alpha value is 0.770. The van der Waals surface area contributed by atoms with Crippen molar-refractivity contribution in [3.63, 3.8) is 0 Å². The van der Waals surface area contributed by atoms with Crippen molar-refractivity contribution in [3.05, 3.63) is 0 Å². The van der Waals surface area contributed by atoms with Gasteiger partial charge in [0.2, 0.25) is 0 Å². The van der Waals surface area contributed by atoms with Crippen LogP contribution >= 0.6 is 27.5 Å². The minimum absolute atomic E-state index is 0.713. The fourth-order valence-corrected chi connectivity index (χ4v) is 2.29. The first-order valence-electron chi connectivity index (χ1n) is 2.47. The molecular formula is C5H8BrCl. The summed E-state index contributed by atoms with van der Waals surface area (Å²) in [4.78, 5) is 0.713. The lowest BCUT2D eigenvalue weighted by Gasteiger charge is -1.77.